The van der Waals surface area contributed by atoms with Crippen LogP contribution in [0.4, 0.5) is 0 Å². The average molecular weight is 389 g/mol. The number of benzene rings is 2. The minimum atomic E-state index is 0.666. The molecule has 4 nitrogen and oxygen atoms in total. The molecule has 0 unspecified atom stereocenters. The molecule has 0 saturated heterocycles. The number of oxazole rings is 1. The van der Waals surface area contributed by atoms with E-state index in [-0.39, 0.29) is 0 Å². The zero-order valence-corrected chi connectivity index (χ0v) is 17.2. The highest BCUT2D eigenvalue weighted by molar-refractivity contribution is 5.67. The second-order valence-corrected chi connectivity index (χ2v) is 7.37. The minimum Gasteiger partial charge on any atom is -0.494 e. The smallest absolute Gasteiger partial charge is 0.223 e. The maximum Gasteiger partial charge on any atom is 0.223 e. The summed E-state index contributed by atoms with van der Waals surface area (Å²) >= 11 is 0. The lowest BCUT2D eigenvalue weighted by molar-refractivity contribution is 0.288. The van der Waals surface area contributed by atoms with Gasteiger partial charge in [0.1, 0.15) is 5.75 Å². The first kappa shape index (κ1) is 19.5. The van der Waals surface area contributed by atoms with E-state index in [1.165, 1.54) is 16.7 Å². The van der Waals surface area contributed by atoms with Crippen LogP contribution in [0.2, 0.25) is 0 Å². The van der Waals surface area contributed by atoms with Crippen LogP contribution >= 0.6 is 0 Å². The highest BCUT2D eigenvalue weighted by Crippen LogP contribution is 2.32. The molecule has 0 saturated carbocycles. The number of hydrogen-bond donors (Lipinski definition) is 0. The Balaban J connectivity index is 1.53. The van der Waals surface area contributed by atoms with E-state index in [1.807, 2.05) is 37.4 Å². The molecule has 2 aromatic carbocycles. The molecule has 3 aromatic rings. The van der Waals surface area contributed by atoms with Gasteiger partial charge in [-0.05, 0) is 49.6 Å². The summed E-state index contributed by atoms with van der Waals surface area (Å²) in [7, 11) is 0. The maximum absolute atomic E-state index is 6.20. The zero-order chi connectivity index (χ0) is 20.1. The lowest BCUT2D eigenvalue weighted by Gasteiger charge is -2.29. The van der Waals surface area contributed by atoms with Crippen LogP contribution in [0.5, 0.6) is 5.75 Å². The van der Waals surface area contributed by atoms with Gasteiger partial charge in [0.15, 0.2) is 5.76 Å². The SMILES string of the molecule is CCOc1ccc(-c2cnc(C3=C(CC)CCN(Cc4ccccc4)C3)o2)cc1. The Morgan fingerprint density at radius 1 is 1.03 bits per heavy atom. The lowest BCUT2D eigenvalue weighted by Crippen LogP contribution is -2.30. The molecule has 2 heterocycles. The molecule has 0 atom stereocenters. The quantitative estimate of drug-likeness (QED) is 0.512. The summed E-state index contributed by atoms with van der Waals surface area (Å²) in [6.07, 6.45) is 3.94. The predicted octanol–water partition coefficient (Wildman–Crippen LogP) is 5.81. The van der Waals surface area contributed by atoms with Gasteiger partial charge in [-0.1, -0.05) is 42.8 Å². The molecule has 1 aromatic heterocycles. The molecule has 150 valence electrons. The monoisotopic (exact) mass is 388 g/mol. The second-order valence-electron chi connectivity index (χ2n) is 7.37. The Labute approximate surface area is 172 Å². The Morgan fingerprint density at radius 3 is 2.55 bits per heavy atom. The highest BCUT2D eigenvalue weighted by Gasteiger charge is 2.23. The molecule has 0 aliphatic carbocycles. The number of rotatable bonds is 7. The van der Waals surface area contributed by atoms with Crippen LogP contribution in [-0.2, 0) is 6.54 Å². The van der Waals surface area contributed by atoms with Crippen LogP contribution in [0.25, 0.3) is 16.9 Å². The third kappa shape index (κ3) is 4.60. The summed E-state index contributed by atoms with van der Waals surface area (Å²) in [5, 5.41) is 0. The van der Waals surface area contributed by atoms with Gasteiger partial charge in [-0.15, -0.1) is 0 Å². The van der Waals surface area contributed by atoms with Crippen molar-refractivity contribution in [2.24, 2.45) is 0 Å². The molecule has 1 aliphatic rings. The van der Waals surface area contributed by atoms with Crippen LogP contribution in [-0.4, -0.2) is 29.6 Å². The largest absolute Gasteiger partial charge is 0.494 e. The van der Waals surface area contributed by atoms with Gasteiger partial charge in [-0.25, -0.2) is 4.98 Å². The van der Waals surface area contributed by atoms with E-state index in [4.69, 9.17) is 9.15 Å². The molecule has 4 heteroatoms. The van der Waals surface area contributed by atoms with Crippen LogP contribution in [0, 0.1) is 0 Å². The van der Waals surface area contributed by atoms with Crippen LogP contribution < -0.4 is 4.74 Å². The van der Waals surface area contributed by atoms with Crippen molar-refractivity contribution in [3.05, 3.63) is 77.8 Å². The average Bonchev–Trinajstić information content (AvgIpc) is 3.25. The summed E-state index contributed by atoms with van der Waals surface area (Å²) < 4.78 is 11.7. The van der Waals surface area contributed by atoms with Gasteiger partial charge in [0, 0.05) is 30.8 Å². The number of aromatic nitrogens is 1. The van der Waals surface area contributed by atoms with Gasteiger partial charge in [-0.3, -0.25) is 4.90 Å². The Kier molecular flexibility index (Phi) is 6.11. The summed E-state index contributed by atoms with van der Waals surface area (Å²) in [6, 6.07) is 18.6. The standard InChI is InChI=1S/C25H28N2O2/c1-3-20-14-15-27(17-19-8-6-5-7-9-19)18-23(20)25-26-16-24(29-25)21-10-12-22(13-11-21)28-4-2/h5-13,16H,3-4,14-15,17-18H2,1-2H3. The van der Waals surface area contributed by atoms with Crippen LogP contribution in [0.15, 0.2) is 70.8 Å². The summed E-state index contributed by atoms with van der Waals surface area (Å²) in [6.45, 7) is 7.78. The molecular formula is C25H28N2O2. The molecule has 1 aliphatic heterocycles. The third-order valence-electron chi connectivity index (χ3n) is 5.43. The second kappa shape index (κ2) is 9.10. The van der Waals surface area contributed by atoms with Crippen molar-refractivity contribution in [3.63, 3.8) is 0 Å². The lowest BCUT2D eigenvalue weighted by atomic mass is 9.97. The van der Waals surface area contributed by atoms with Gasteiger partial charge >= 0.3 is 0 Å². The molecule has 0 radical (unpaired) electrons. The van der Waals surface area contributed by atoms with E-state index in [0.717, 1.165) is 55.4 Å². The number of ether oxygens (including phenoxy) is 1. The molecule has 0 fully saturated rings. The molecule has 0 spiro atoms. The normalized spacial score (nSPS) is 15.0. The van der Waals surface area contributed by atoms with Gasteiger partial charge in [0.25, 0.3) is 0 Å². The summed E-state index contributed by atoms with van der Waals surface area (Å²) in [5.74, 6) is 2.42. The topological polar surface area (TPSA) is 38.5 Å². The van der Waals surface area contributed by atoms with E-state index in [0.29, 0.717) is 6.61 Å². The fourth-order valence-corrected chi connectivity index (χ4v) is 3.87. The van der Waals surface area contributed by atoms with E-state index in [9.17, 15) is 0 Å². The van der Waals surface area contributed by atoms with Crippen molar-refractivity contribution in [1.82, 2.24) is 9.88 Å². The first-order chi connectivity index (χ1) is 14.3. The molecule has 0 bridgehead atoms. The summed E-state index contributed by atoms with van der Waals surface area (Å²) in [5.41, 5.74) is 5.05. The first-order valence-electron chi connectivity index (χ1n) is 10.4. The minimum absolute atomic E-state index is 0.666. The Hall–Kier alpha value is -2.85. The first-order valence-corrected chi connectivity index (χ1v) is 10.4. The number of nitrogens with zero attached hydrogens (tertiary/aromatic N) is 2. The van der Waals surface area contributed by atoms with Gasteiger partial charge in [0.2, 0.25) is 5.89 Å². The predicted molar refractivity (Wildman–Crippen MR) is 117 cm³/mol. The third-order valence-corrected chi connectivity index (χ3v) is 5.43. The Bertz CT molecular complexity index is 958. The van der Waals surface area contributed by atoms with Crippen molar-refractivity contribution < 1.29 is 9.15 Å². The van der Waals surface area contributed by atoms with Crippen LogP contribution in [0.3, 0.4) is 0 Å². The van der Waals surface area contributed by atoms with Crippen molar-refractivity contribution in [2.45, 2.75) is 33.2 Å². The van der Waals surface area contributed by atoms with Gasteiger partial charge in [-0.2, -0.15) is 0 Å². The van der Waals surface area contributed by atoms with Crippen molar-refractivity contribution >= 4 is 5.57 Å². The van der Waals surface area contributed by atoms with E-state index >= 15 is 0 Å². The molecule has 29 heavy (non-hydrogen) atoms. The van der Waals surface area contributed by atoms with E-state index in [2.05, 4.69) is 47.1 Å². The zero-order valence-electron chi connectivity index (χ0n) is 17.2. The van der Waals surface area contributed by atoms with Gasteiger partial charge < -0.3 is 9.15 Å². The van der Waals surface area contributed by atoms with E-state index in [1.54, 1.807) is 0 Å². The molecule has 4 rings (SSSR count). The summed E-state index contributed by atoms with van der Waals surface area (Å²) in [4.78, 5) is 7.11. The van der Waals surface area contributed by atoms with Crippen molar-refractivity contribution in [3.8, 4) is 17.1 Å². The fourth-order valence-electron chi connectivity index (χ4n) is 3.87. The number of hydrogen-bond acceptors (Lipinski definition) is 4. The van der Waals surface area contributed by atoms with E-state index < -0.39 is 0 Å². The highest BCUT2D eigenvalue weighted by atomic mass is 16.5. The Morgan fingerprint density at radius 2 is 1.83 bits per heavy atom. The molecular weight excluding hydrogens is 360 g/mol. The maximum atomic E-state index is 6.20. The van der Waals surface area contributed by atoms with Crippen molar-refractivity contribution in [1.29, 1.82) is 0 Å². The molecule has 0 amide bonds. The van der Waals surface area contributed by atoms with Gasteiger partial charge in [0.05, 0.1) is 12.8 Å². The van der Waals surface area contributed by atoms with Crippen LogP contribution in [0.1, 0.15) is 38.1 Å². The molecule has 0 N–H and O–H groups in total. The fraction of sp³-hybridized carbons (Fsp3) is 0.320. The van der Waals surface area contributed by atoms with Crippen molar-refractivity contribution in [2.75, 3.05) is 19.7 Å².